The molecule has 0 bridgehead atoms. The number of rotatable bonds is 7. The molecule has 27 heavy (non-hydrogen) atoms. The fraction of sp³-hybridized carbons (Fsp3) is 0.211. The Morgan fingerprint density at radius 1 is 1.19 bits per heavy atom. The number of amides is 1. The van der Waals surface area contributed by atoms with Gasteiger partial charge in [-0.25, -0.2) is 0 Å². The molecular weight excluding hydrogens is 402 g/mol. The van der Waals surface area contributed by atoms with Crippen LogP contribution in [0.4, 0.5) is 5.13 Å². The molecule has 5 nitrogen and oxygen atoms in total. The molecule has 1 aromatic heterocycles. The van der Waals surface area contributed by atoms with Crippen LogP contribution < -0.4 is 10.1 Å². The van der Waals surface area contributed by atoms with Crippen LogP contribution in [0.25, 0.3) is 0 Å². The smallest absolute Gasteiger partial charge is 0.264 e. The molecule has 1 N–H and O–H groups in total. The van der Waals surface area contributed by atoms with Gasteiger partial charge in [0.15, 0.2) is 10.9 Å². The topological polar surface area (TPSA) is 64.1 Å². The number of hydrogen-bond donors (Lipinski definition) is 1. The van der Waals surface area contributed by atoms with Crippen molar-refractivity contribution >= 4 is 45.7 Å². The molecule has 0 atom stereocenters. The number of anilines is 1. The lowest BCUT2D eigenvalue weighted by atomic mass is 10.2. The van der Waals surface area contributed by atoms with Crippen LogP contribution >= 0.6 is 34.7 Å². The third kappa shape index (κ3) is 5.95. The van der Waals surface area contributed by atoms with Gasteiger partial charge in [0.2, 0.25) is 5.13 Å². The summed E-state index contributed by atoms with van der Waals surface area (Å²) in [6, 6.07) is 13.6. The SMILES string of the molecule is Cc1ccc(CSc2nnc(NC(=O)COc3ccc(Cl)cc3C)s2)cc1. The highest BCUT2D eigenvalue weighted by Gasteiger charge is 2.10. The largest absolute Gasteiger partial charge is 0.483 e. The van der Waals surface area contributed by atoms with Gasteiger partial charge in [-0.15, -0.1) is 10.2 Å². The minimum Gasteiger partial charge on any atom is -0.483 e. The second kappa shape index (κ2) is 9.21. The molecule has 2 aromatic carbocycles. The summed E-state index contributed by atoms with van der Waals surface area (Å²) in [5.74, 6) is 1.15. The van der Waals surface area contributed by atoms with E-state index in [1.165, 1.54) is 22.5 Å². The van der Waals surface area contributed by atoms with Gasteiger partial charge in [0.1, 0.15) is 5.75 Å². The van der Waals surface area contributed by atoms with E-state index in [1.807, 2.05) is 6.92 Å². The number of nitrogens with zero attached hydrogens (tertiary/aromatic N) is 2. The maximum absolute atomic E-state index is 12.1. The van der Waals surface area contributed by atoms with Crippen LogP contribution in [-0.4, -0.2) is 22.7 Å². The summed E-state index contributed by atoms with van der Waals surface area (Å²) in [7, 11) is 0. The van der Waals surface area contributed by atoms with Crippen molar-refractivity contribution in [3.63, 3.8) is 0 Å². The van der Waals surface area contributed by atoms with Crippen molar-refractivity contribution in [2.24, 2.45) is 0 Å². The summed E-state index contributed by atoms with van der Waals surface area (Å²) in [6.07, 6.45) is 0. The molecule has 140 valence electrons. The van der Waals surface area contributed by atoms with Gasteiger partial charge in [0.05, 0.1) is 0 Å². The highest BCUT2D eigenvalue weighted by Crippen LogP contribution is 2.28. The quantitative estimate of drug-likeness (QED) is 0.425. The van der Waals surface area contributed by atoms with Crippen molar-refractivity contribution in [2.45, 2.75) is 23.9 Å². The van der Waals surface area contributed by atoms with Crippen molar-refractivity contribution < 1.29 is 9.53 Å². The first kappa shape index (κ1) is 19.7. The number of ether oxygens (including phenoxy) is 1. The highest BCUT2D eigenvalue weighted by molar-refractivity contribution is 8.00. The van der Waals surface area contributed by atoms with E-state index >= 15 is 0 Å². The van der Waals surface area contributed by atoms with E-state index in [-0.39, 0.29) is 12.5 Å². The van der Waals surface area contributed by atoms with E-state index in [0.717, 1.165) is 15.7 Å². The number of hydrogen-bond acceptors (Lipinski definition) is 6. The molecular formula is C19H18ClN3O2S2. The Kier molecular flexibility index (Phi) is 6.71. The highest BCUT2D eigenvalue weighted by atomic mass is 35.5. The van der Waals surface area contributed by atoms with E-state index in [0.29, 0.717) is 15.9 Å². The molecule has 0 fully saturated rings. The zero-order valence-electron chi connectivity index (χ0n) is 14.9. The average Bonchev–Trinajstić information content (AvgIpc) is 3.08. The fourth-order valence-electron chi connectivity index (χ4n) is 2.22. The number of nitrogens with one attached hydrogen (secondary N) is 1. The monoisotopic (exact) mass is 419 g/mol. The zero-order chi connectivity index (χ0) is 19.2. The fourth-order valence-corrected chi connectivity index (χ4v) is 4.17. The average molecular weight is 420 g/mol. The lowest BCUT2D eigenvalue weighted by molar-refractivity contribution is -0.118. The van der Waals surface area contributed by atoms with Crippen molar-refractivity contribution in [2.75, 3.05) is 11.9 Å². The Morgan fingerprint density at radius 3 is 2.70 bits per heavy atom. The van der Waals surface area contributed by atoms with Gasteiger partial charge in [-0.3, -0.25) is 10.1 Å². The van der Waals surface area contributed by atoms with Crippen LogP contribution in [0.3, 0.4) is 0 Å². The Bertz CT molecular complexity index is 929. The molecule has 0 spiro atoms. The van der Waals surface area contributed by atoms with Crippen LogP contribution in [0.15, 0.2) is 46.8 Å². The van der Waals surface area contributed by atoms with E-state index in [2.05, 4.69) is 46.7 Å². The summed E-state index contributed by atoms with van der Waals surface area (Å²) in [6.45, 7) is 3.84. The van der Waals surface area contributed by atoms with E-state index in [9.17, 15) is 4.79 Å². The minimum atomic E-state index is -0.282. The van der Waals surface area contributed by atoms with Gasteiger partial charge in [-0.1, -0.05) is 64.5 Å². The first-order valence-electron chi connectivity index (χ1n) is 8.20. The number of halogens is 1. The van der Waals surface area contributed by atoms with Crippen LogP contribution in [0.2, 0.25) is 5.02 Å². The number of carbonyl (C=O) groups excluding carboxylic acids is 1. The Hall–Kier alpha value is -2.09. The lowest BCUT2D eigenvalue weighted by Gasteiger charge is -2.08. The summed E-state index contributed by atoms with van der Waals surface area (Å²) in [5, 5.41) is 11.9. The standard InChI is InChI=1S/C19H18ClN3O2S2/c1-12-3-5-14(6-4-12)11-26-19-23-22-18(27-19)21-17(24)10-25-16-8-7-15(20)9-13(16)2/h3-9H,10-11H2,1-2H3,(H,21,22,24). The lowest BCUT2D eigenvalue weighted by Crippen LogP contribution is -2.20. The van der Waals surface area contributed by atoms with Gasteiger partial charge in [-0.2, -0.15) is 0 Å². The number of carbonyl (C=O) groups is 1. The van der Waals surface area contributed by atoms with Gasteiger partial charge >= 0.3 is 0 Å². The molecule has 0 saturated carbocycles. The van der Waals surface area contributed by atoms with Gasteiger partial charge in [0, 0.05) is 10.8 Å². The van der Waals surface area contributed by atoms with Crippen LogP contribution in [0, 0.1) is 13.8 Å². The molecule has 3 rings (SSSR count). The molecule has 0 saturated heterocycles. The molecule has 0 aliphatic rings. The first-order chi connectivity index (χ1) is 13.0. The molecule has 0 radical (unpaired) electrons. The maximum atomic E-state index is 12.1. The Morgan fingerprint density at radius 2 is 1.96 bits per heavy atom. The van der Waals surface area contributed by atoms with E-state index < -0.39 is 0 Å². The molecule has 3 aromatic rings. The molecule has 8 heteroatoms. The summed E-state index contributed by atoms with van der Waals surface area (Å²) in [5.41, 5.74) is 3.33. The van der Waals surface area contributed by atoms with E-state index in [4.69, 9.17) is 16.3 Å². The second-order valence-electron chi connectivity index (χ2n) is 5.89. The second-order valence-corrected chi connectivity index (χ2v) is 8.53. The van der Waals surface area contributed by atoms with Crippen LogP contribution in [0.5, 0.6) is 5.75 Å². The third-order valence-electron chi connectivity index (χ3n) is 3.63. The predicted molar refractivity (Wildman–Crippen MR) is 111 cm³/mol. The zero-order valence-corrected chi connectivity index (χ0v) is 17.2. The predicted octanol–water partition coefficient (Wildman–Crippen LogP) is 5.12. The molecule has 0 aliphatic carbocycles. The summed E-state index contributed by atoms with van der Waals surface area (Å²) < 4.78 is 6.33. The molecule has 0 unspecified atom stereocenters. The van der Waals surface area contributed by atoms with Crippen molar-refractivity contribution in [3.05, 3.63) is 64.2 Å². The maximum Gasteiger partial charge on any atom is 0.264 e. The number of aromatic nitrogens is 2. The number of aryl methyl sites for hydroxylation is 2. The van der Waals surface area contributed by atoms with Gasteiger partial charge < -0.3 is 4.74 Å². The van der Waals surface area contributed by atoms with Crippen molar-refractivity contribution in [1.29, 1.82) is 0 Å². The Labute approximate surface area is 171 Å². The first-order valence-corrected chi connectivity index (χ1v) is 10.4. The van der Waals surface area contributed by atoms with Crippen LogP contribution in [-0.2, 0) is 10.5 Å². The number of thioether (sulfide) groups is 1. The summed E-state index contributed by atoms with van der Waals surface area (Å²) in [4.78, 5) is 12.1. The van der Waals surface area contributed by atoms with Crippen molar-refractivity contribution in [1.82, 2.24) is 10.2 Å². The molecule has 1 heterocycles. The third-order valence-corrected chi connectivity index (χ3v) is 5.91. The van der Waals surface area contributed by atoms with Gasteiger partial charge in [-0.05, 0) is 43.2 Å². The number of benzene rings is 2. The van der Waals surface area contributed by atoms with Crippen molar-refractivity contribution in [3.8, 4) is 5.75 Å². The summed E-state index contributed by atoms with van der Waals surface area (Å²) >= 11 is 8.85. The molecule has 0 aliphatic heterocycles. The van der Waals surface area contributed by atoms with E-state index in [1.54, 1.807) is 30.0 Å². The Balaban J connectivity index is 1.48. The normalized spacial score (nSPS) is 10.6. The van der Waals surface area contributed by atoms with Gasteiger partial charge in [0.25, 0.3) is 5.91 Å². The molecule has 1 amide bonds. The minimum absolute atomic E-state index is 0.103. The van der Waals surface area contributed by atoms with Crippen LogP contribution in [0.1, 0.15) is 16.7 Å².